The molecule has 6 heteroatoms. The van der Waals surface area contributed by atoms with Gasteiger partial charge in [0.2, 0.25) is 0 Å². The number of amides is 2. The monoisotopic (exact) mass is 292 g/mol. The first-order valence-electron chi connectivity index (χ1n) is 7.79. The SMILES string of the molecule is COC[C@@H](NC(=O)NC[C@H]1CCc2nccn2C1)C1CC1. The zero-order chi connectivity index (χ0) is 14.7. The number of carbonyl (C=O) groups is 1. The number of hydrogen-bond acceptors (Lipinski definition) is 3. The van der Waals surface area contributed by atoms with E-state index in [0.717, 1.165) is 25.2 Å². The van der Waals surface area contributed by atoms with E-state index in [9.17, 15) is 4.79 Å². The fourth-order valence-corrected chi connectivity index (χ4v) is 3.03. The number of aryl methyl sites for hydroxylation is 1. The summed E-state index contributed by atoms with van der Waals surface area (Å²) in [6.45, 7) is 2.26. The molecule has 2 atom stereocenters. The van der Waals surface area contributed by atoms with Gasteiger partial charge in [0.15, 0.2) is 0 Å². The van der Waals surface area contributed by atoms with Crippen molar-refractivity contribution in [3.05, 3.63) is 18.2 Å². The lowest BCUT2D eigenvalue weighted by atomic mass is 9.99. The van der Waals surface area contributed by atoms with E-state index < -0.39 is 0 Å². The Labute approximate surface area is 125 Å². The molecule has 1 aromatic rings. The van der Waals surface area contributed by atoms with Gasteiger partial charge in [-0.05, 0) is 31.1 Å². The molecule has 0 saturated heterocycles. The fourth-order valence-electron chi connectivity index (χ4n) is 3.03. The third-order valence-electron chi connectivity index (χ3n) is 4.44. The summed E-state index contributed by atoms with van der Waals surface area (Å²) in [7, 11) is 1.68. The van der Waals surface area contributed by atoms with Crippen molar-refractivity contribution in [2.45, 2.75) is 38.3 Å². The molecular formula is C15H24N4O2. The number of aromatic nitrogens is 2. The predicted octanol–water partition coefficient (Wildman–Crippen LogP) is 1.17. The lowest BCUT2D eigenvalue weighted by Crippen LogP contribution is -2.47. The first kappa shape index (κ1) is 14.4. The summed E-state index contributed by atoms with van der Waals surface area (Å²) in [5.41, 5.74) is 0. The van der Waals surface area contributed by atoms with E-state index in [4.69, 9.17) is 4.74 Å². The molecule has 21 heavy (non-hydrogen) atoms. The Morgan fingerprint density at radius 3 is 3.14 bits per heavy atom. The molecule has 2 aliphatic rings. The summed E-state index contributed by atoms with van der Waals surface area (Å²) < 4.78 is 7.36. The van der Waals surface area contributed by atoms with Gasteiger partial charge in [-0.25, -0.2) is 9.78 Å². The fraction of sp³-hybridized carbons (Fsp3) is 0.733. The summed E-state index contributed by atoms with van der Waals surface area (Å²) >= 11 is 0. The van der Waals surface area contributed by atoms with E-state index in [1.165, 1.54) is 12.8 Å². The molecule has 2 heterocycles. The Morgan fingerprint density at radius 2 is 2.38 bits per heavy atom. The molecule has 1 aliphatic heterocycles. The van der Waals surface area contributed by atoms with E-state index in [2.05, 4.69) is 20.2 Å². The number of ether oxygens (including phenoxy) is 1. The van der Waals surface area contributed by atoms with Gasteiger partial charge in [0.05, 0.1) is 12.6 Å². The smallest absolute Gasteiger partial charge is 0.315 e. The van der Waals surface area contributed by atoms with Gasteiger partial charge in [-0.1, -0.05) is 0 Å². The van der Waals surface area contributed by atoms with Crippen molar-refractivity contribution in [2.24, 2.45) is 11.8 Å². The lowest BCUT2D eigenvalue weighted by molar-refractivity contribution is 0.157. The first-order valence-corrected chi connectivity index (χ1v) is 7.79. The molecule has 1 saturated carbocycles. The largest absolute Gasteiger partial charge is 0.383 e. The number of fused-ring (bicyclic) bond motifs is 1. The minimum atomic E-state index is -0.0691. The molecule has 2 amide bonds. The van der Waals surface area contributed by atoms with Crippen molar-refractivity contribution < 1.29 is 9.53 Å². The average Bonchev–Trinajstić information content (AvgIpc) is 3.22. The number of carbonyl (C=O) groups excluding carboxylic acids is 1. The molecule has 0 bridgehead atoms. The number of urea groups is 1. The van der Waals surface area contributed by atoms with Gasteiger partial charge in [-0.3, -0.25) is 0 Å². The first-order chi connectivity index (χ1) is 10.3. The van der Waals surface area contributed by atoms with Gasteiger partial charge < -0.3 is 19.9 Å². The molecule has 0 aromatic carbocycles. The molecular weight excluding hydrogens is 268 g/mol. The van der Waals surface area contributed by atoms with E-state index in [1.54, 1.807) is 7.11 Å². The van der Waals surface area contributed by atoms with Crippen LogP contribution in [0.2, 0.25) is 0 Å². The summed E-state index contributed by atoms with van der Waals surface area (Å²) in [5, 5.41) is 6.05. The summed E-state index contributed by atoms with van der Waals surface area (Å²) in [4.78, 5) is 16.3. The van der Waals surface area contributed by atoms with Crippen molar-refractivity contribution in [3.8, 4) is 0 Å². The van der Waals surface area contributed by atoms with E-state index in [0.29, 0.717) is 25.0 Å². The molecule has 6 nitrogen and oxygen atoms in total. The van der Waals surface area contributed by atoms with Crippen molar-refractivity contribution in [2.75, 3.05) is 20.3 Å². The van der Waals surface area contributed by atoms with Crippen molar-refractivity contribution >= 4 is 6.03 Å². The molecule has 116 valence electrons. The Kier molecular flexibility index (Phi) is 4.43. The van der Waals surface area contributed by atoms with Gasteiger partial charge in [0.1, 0.15) is 5.82 Å². The maximum atomic E-state index is 12.0. The summed E-state index contributed by atoms with van der Waals surface area (Å²) in [6, 6.07) is 0.0852. The highest BCUT2D eigenvalue weighted by molar-refractivity contribution is 5.74. The molecule has 1 aliphatic carbocycles. The molecule has 2 N–H and O–H groups in total. The normalized spacial score (nSPS) is 22.4. The topological polar surface area (TPSA) is 68.2 Å². The van der Waals surface area contributed by atoms with Crippen LogP contribution in [0.3, 0.4) is 0 Å². The minimum absolute atomic E-state index is 0.0691. The maximum Gasteiger partial charge on any atom is 0.315 e. The van der Waals surface area contributed by atoms with Gasteiger partial charge in [0.25, 0.3) is 0 Å². The van der Waals surface area contributed by atoms with Crippen LogP contribution in [0, 0.1) is 11.8 Å². The third-order valence-corrected chi connectivity index (χ3v) is 4.44. The van der Waals surface area contributed by atoms with E-state index in [-0.39, 0.29) is 12.1 Å². The van der Waals surface area contributed by atoms with Crippen LogP contribution < -0.4 is 10.6 Å². The molecule has 1 fully saturated rings. The van der Waals surface area contributed by atoms with Gasteiger partial charge in [0, 0.05) is 39.0 Å². The van der Waals surface area contributed by atoms with Crippen molar-refractivity contribution in [1.29, 1.82) is 0 Å². The summed E-state index contributed by atoms with van der Waals surface area (Å²) in [6.07, 6.45) is 8.34. The van der Waals surface area contributed by atoms with Crippen LogP contribution in [0.4, 0.5) is 4.79 Å². The Balaban J connectivity index is 1.41. The molecule has 3 rings (SSSR count). The number of nitrogens with one attached hydrogen (secondary N) is 2. The maximum absolute atomic E-state index is 12.0. The van der Waals surface area contributed by atoms with Crippen molar-refractivity contribution in [1.82, 2.24) is 20.2 Å². The van der Waals surface area contributed by atoms with Crippen LogP contribution in [-0.4, -0.2) is 41.9 Å². The van der Waals surface area contributed by atoms with Crippen LogP contribution in [-0.2, 0) is 17.7 Å². The van der Waals surface area contributed by atoms with Gasteiger partial charge in [-0.2, -0.15) is 0 Å². The van der Waals surface area contributed by atoms with Crippen LogP contribution >= 0.6 is 0 Å². The number of methoxy groups -OCH3 is 1. The Hall–Kier alpha value is -1.56. The molecule has 0 unspecified atom stereocenters. The highest BCUT2D eigenvalue weighted by Crippen LogP contribution is 2.32. The number of nitrogens with zero attached hydrogens (tertiary/aromatic N) is 2. The number of rotatable bonds is 6. The number of imidazole rings is 1. The molecule has 0 spiro atoms. The second-order valence-electron chi connectivity index (χ2n) is 6.15. The highest BCUT2D eigenvalue weighted by atomic mass is 16.5. The van der Waals surface area contributed by atoms with Crippen LogP contribution in [0.15, 0.2) is 12.4 Å². The van der Waals surface area contributed by atoms with E-state index >= 15 is 0 Å². The molecule has 1 aromatic heterocycles. The second-order valence-corrected chi connectivity index (χ2v) is 6.15. The zero-order valence-corrected chi connectivity index (χ0v) is 12.5. The highest BCUT2D eigenvalue weighted by Gasteiger charge is 2.32. The Bertz CT molecular complexity index is 484. The average molecular weight is 292 g/mol. The summed E-state index contributed by atoms with van der Waals surface area (Å²) in [5.74, 6) is 2.24. The van der Waals surface area contributed by atoms with Gasteiger partial charge >= 0.3 is 6.03 Å². The molecule has 0 radical (unpaired) electrons. The lowest BCUT2D eigenvalue weighted by Gasteiger charge is -2.24. The van der Waals surface area contributed by atoms with Crippen LogP contribution in [0.25, 0.3) is 0 Å². The van der Waals surface area contributed by atoms with Crippen molar-refractivity contribution in [3.63, 3.8) is 0 Å². The Morgan fingerprint density at radius 1 is 1.52 bits per heavy atom. The third kappa shape index (κ3) is 3.75. The van der Waals surface area contributed by atoms with E-state index in [1.807, 2.05) is 12.4 Å². The standard InChI is InChI=1S/C15H24N4O2/c1-21-10-13(12-3-4-12)18-15(20)17-8-11-2-5-14-16-6-7-19(14)9-11/h6-7,11-13H,2-5,8-10H2,1H3,(H2,17,18,20)/t11-,13-/m1/s1. The minimum Gasteiger partial charge on any atom is -0.383 e. The van der Waals surface area contributed by atoms with Gasteiger partial charge in [-0.15, -0.1) is 0 Å². The quantitative estimate of drug-likeness (QED) is 0.827. The number of hydrogen-bond donors (Lipinski definition) is 2. The van der Waals surface area contributed by atoms with Crippen LogP contribution in [0.1, 0.15) is 25.1 Å². The van der Waals surface area contributed by atoms with Crippen LogP contribution in [0.5, 0.6) is 0 Å². The second kappa shape index (κ2) is 6.47. The zero-order valence-electron chi connectivity index (χ0n) is 12.5. The predicted molar refractivity (Wildman–Crippen MR) is 79.0 cm³/mol.